The summed E-state index contributed by atoms with van der Waals surface area (Å²) in [6.07, 6.45) is 0. The zero-order valence-electron chi connectivity index (χ0n) is 17.4. The molecule has 162 valence electrons. The lowest BCUT2D eigenvalue weighted by Gasteiger charge is -2.27. The first kappa shape index (κ1) is 21.8. The smallest absolute Gasteiger partial charge is 0.315 e. The maximum atomic E-state index is 13.1. The lowest BCUT2D eigenvalue weighted by molar-refractivity contribution is 0.0916. The Kier molecular flexibility index (Phi) is 5.61. The summed E-state index contributed by atoms with van der Waals surface area (Å²) in [5.41, 5.74) is 6.91. The molecular formula is C19H26N6O4S. The zero-order valence-corrected chi connectivity index (χ0v) is 18.2. The minimum Gasteiger partial charge on any atom is -0.351 e. The van der Waals surface area contributed by atoms with Crippen molar-refractivity contribution in [3.05, 3.63) is 35.5 Å². The van der Waals surface area contributed by atoms with E-state index in [-0.39, 0.29) is 17.3 Å². The standard InChI is InChI=1S/C19H26N6O4S/c1-19(2,3)22-17(26)15-14-11-24(18(20)27)9-10-25(14)23-16(15)12-5-7-13(8-6-12)30(28,29)21-4/h5-8,21H,9-11H2,1-4H3,(H2,20,27)(H,22,26). The molecule has 0 radical (unpaired) electrons. The molecule has 4 N–H and O–H groups in total. The van der Waals surface area contributed by atoms with Gasteiger partial charge in [-0.2, -0.15) is 5.10 Å². The fourth-order valence-electron chi connectivity index (χ4n) is 3.26. The number of hydrogen-bond acceptors (Lipinski definition) is 5. The Bertz CT molecular complexity index is 1080. The van der Waals surface area contributed by atoms with E-state index in [1.54, 1.807) is 16.8 Å². The molecule has 0 fully saturated rings. The second kappa shape index (κ2) is 7.73. The Labute approximate surface area is 175 Å². The van der Waals surface area contributed by atoms with E-state index in [4.69, 9.17) is 5.73 Å². The molecule has 0 unspecified atom stereocenters. The predicted molar refractivity (Wildman–Crippen MR) is 111 cm³/mol. The zero-order chi connectivity index (χ0) is 22.3. The van der Waals surface area contributed by atoms with Crippen LogP contribution in [-0.2, 0) is 23.1 Å². The molecule has 0 atom stereocenters. The van der Waals surface area contributed by atoms with Crippen LogP contribution >= 0.6 is 0 Å². The van der Waals surface area contributed by atoms with Gasteiger partial charge in [0.25, 0.3) is 5.91 Å². The number of aromatic nitrogens is 2. The molecule has 11 heteroatoms. The third-order valence-corrected chi connectivity index (χ3v) is 6.14. The maximum absolute atomic E-state index is 13.1. The van der Waals surface area contributed by atoms with E-state index in [1.165, 1.54) is 24.1 Å². The van der Waals surface area contributed by atoms with Crippen LogP contribution in [0.4, 0.5) is 4.79 Å². The average molecular weight is 435 g/mol. The first-order valence-corrected chi connectivity index (χ1v) is 10.9. The number of nitrogens with one attached hydrogen (secondary N) is 2. The monoisotopic (exact) mass is 434 g/mol. The van der Waals surface area contributed by atoms with Crippen LogP contribution in [0.25, 0.3) is 11.3 Å². The Hall–Kier alpha value is -2.92. The molecule has 3 rings (SSSR count). The molecule has 0 aliphatic carbocycles. The first-order chi connectivity index (χ1) is 13.9. The van der Waals surface area contributed by atoms with Crippen molar-refractivity contribution < 1.29 is 18.0 Å². The van der Waals surface area contributed by atoms with Crippen molar-refractivity contribution in [1.82, 2.24) is 24.7 Å². The summed E-state index contributed by atoms with van der Waals surface area (Å²) in [7, 11) is -2.24. The van der Waals surface area contributed by atoms with Crippen LogP contribution in [0.5, 0.6) is 0 Å². The van der Waals surface area contributed by atoms with Crippen molar-refractivity contribution in [3.8, 4) is 11.3 Å². The van der Waals surface area contributed by atoms with Crippen LogP contribution in [0, 0.1) is 0 Å². The van der Waals surface area contributed by atoms with E-state index < -0.39 is 21.6 Å². The molecule has 1 aliphatic rings. The number of primary amides is 1. The van der Waals surface area contributed by atoms with Gasteiger partial charge < -0.3 is 16.0 Å². The summed E-state index contributed by atoms with van der Waals surface area (Å²) in [6, 6.07) is 5.57. The second-order valence-corrected chi connectivity index (χ2v) is 9.98. The Morgan fingerprint density at radius 1 is 1.13 bits per heavy atom. The number of rotatable bonds is 4. The molecule has 3 amide bonds. The van der Waals surface area contributed by atoms with Crippen LogP contribution < -0.4 is 15.8 Å². The molecule has 0 bridgehead atoms. The molecule has 0 saturated carbocycles. The number of benzene rings is 1. The molecule has 10 nitrogen and oxygen atoms in total. The third-order valence-electron chi connectivity index (χ3n) is 4.71. The van der Waals surface area contributed by atoms with E-state index in [1.807, 2.05) is 20.8 Å². The normalized spacial score (nSPS) is 14.3. The number of carbonyl (C=O) groups is 2. The molecule has 30 heavy (non-hydrogen) atoms. The summed E-state index contributed by atoms with van der Waals surface area (Å²) < 4.78 is 28.0. The fourth-order valence-corrected chi connectivity index (χ4v) is 3.99. The predicted octanol–water partition coefficient (Wildman–Crippen LogP) is 0.881. The van der Waals surface area contributed by atoms with Crippen molar-refractivity contribution >= 4 is 22.0 Å². The molecule has 0 spiro atoms. The van der Waals surface area contributed by atoms with Crippen molar-refractivity contribution in [2.75, 3.05) is 13.6 Å². The number of amides is 3. The number of sulfonamides is 1. The van der Waals surface area contributed by atoms with E-state index in [9.17, 15) is 18.0 Å². The molecule has 2 aromatic rings. The van der Waals surface area contributed by atoms with Crippen LogP contribution in [0.15, 0.2) is 29.2 Å². The Balaban J connectivity index is 2.10. The second-order valence-electron chi connectivity index (χ2n) is 8.09. The summed E-state index contributed by atoms with van der Waals surface area (Å²) in [4.78, 5) is 26.4. The van der Waals surface area contributed by atoms with Gasteiger partial charge in [-0.1, -0.05) is 12.1 Å². The Morgan fingerprint density at radius 3 is 2.30 bits per heavy atom. The topological polar surface area (TPSA) is 139 Å². The molecule has 2 heterocycles. The van der Waals surface area contributed by atoms with Gasteiger partial charge in [-0.05, 0) is 40.0 Å². The molecule has 0 saturated heterocycles. The van der Waals surface area contributed by atoms with Crippen LogP contribution in [0.3, 0.4) is 0 Å². The van der Waals surface area contributed by atoms with Crippen molar-refractivity contribution in [2.45, 2.75) is 44.3 Å². The minimum absolute atomic E-state index is 0.110. The van der Waals surface area contributed by atoms with Gasteiger partial charge in [0.05, 0.1) is 29.2 Å². The van der Waals surface area contributed by atoms with Gasteiger partial charge >= 0.3 is 6.03 Å². The Morgan fingerprint density at radius 2 is 1.77 bits per heavy atom. The first-order valence-electron chi connectivity index (χ1n) is 9.43. The maximum Gasteiger partial charge on any atom is 0.315 e. The van der Waals surface area contributed by atoms with Gasteiger partial charge in [0.15, 0.2) is 0 Å². The lowest BCUT2D eigenvalue weighted by Crippen LogP contribution is -2.44. The highest BCUT2D eigenvalue weighted by molar-refractivity contribution is 7.89. The third kappa shape index (κ3) is 4.31. The number of carbonyl (C=O) groups excluding carboxylic acids is 2. The van der Waals surface area contributed by atoms with Crippen molar-refractivity contribution in [1.29, 1.82) is 0 Å². The van der Waals surface area contributed by atoms with E-state index >= 15 is 0 Å². The van der Waals surface area contributed by atoms with Gasteiger partial charge in [-0.15, -0.1) is 0 Å². The number of nitrogens with zero attached hydrogens (tertiary/aromatic N) is 3. The number of nitrogens with two attached hydrogens (primary N) is 1. The number of hydrogen-bond donors (Lipinski definition) is 3. The fraction of sp³-hybridized carbons (Fsp3) is 0.421. The van der Waals surface area contributed by atoms with Crippen LogP contribution in [0.1, 0.15) is 36.8 Å². The molecule has 1 aromatic carbocycles. The molecule has 1 aliphatic heterocycles. The summed E-state index contributed by atoms with van der Waals surface area (Å²) in [5.74, 6) is -0.322. The van der Waals surface area contributed by atoms with E-state index in [2.05, 4.69) is 15.1 Å². The van der Waals surface area contributed by atoms with Crippen molar-refractivity contribution in [3.63, 3.8) is 0 Å². The highest BCUT2D eigenvalue weighted by Gasteiger charge is 2.31. The van der Waals surface area contributed by atoms with Crippen LogP contribution in [-0.4, -0.2) is 54.2 Å². The minimum atomic E-state index is -3.58. The largest absolute Gasteiger partial charge is 0.351 e. The van der Waals surface area contributed by atoms with E-state index in [0.717, 1.165) is 0 Å². The average Bonchev–Trinajstić information content (AvgIpc) is 3.05. The van der Waals surface area contributed by atoms with Crippen molar-refractivity contribution in [2.24, 2.45) is 5.73 Å². The molecular weight excluding hydrogens is 408 g/mol. The molecule has 1 aromatic heterocycles. The van der Waals surface area contributed by atoms with Gasteiger partial charge in [-0.25, -0.2) is 17.9 Å². The lowest BCUT2D eigenvalue weighted by atomic mass is 10.0. The van der Waals surface area contributed by atoms with E-state index in [0.29, 0.717) is 35.6 Å². The highest BCUT2D eigenvalue weighted by atomic mass is 32.2. The van der Waals surface area contributed by atoms with Gasteiger partial charge in [0.2, 0.25) is 10.0 Å². The summed E-state index contributed by atoms with van der Waals surface area (Å²) >= 11 is 0. The number of fused-ring (bicyclic) bond motifs is 1. The summed E-state index contributed by atoms with van der Waals surface area (Å²) in [5, 5.41) is 7.53. The summed E-state index contributed by atoms with van der Waals surface area (Å²) in [6.45, 7) is 6.57. The quantitative estimate of drug-likeness (QED) is 0.655. The van der Waals surface area contributed by atoms with Gasteiger partial charge in [0.1, 0.15) is 5.69 Å². The van der Waals surface area contributed by atoms with Gasteiger partial charge in [0, 0.05) is 17.6 Å². The van der Waals surface area contributed by atoms with Gasteiger partial charge in [-0.3, -0.25) is 9.48 Å². The highest BCUT2D eigenvalue weighted by Crippen LogP contribution is 2.29. The SMILES string of the molecule is CNS(=O)(=O)c1ccc(-c2nn3c(c2C(=O)NC(C)(C)C)CN(C(N)=O)CC3)cc1. The van der Waals surface area contributed by atoms with Crippen LogP contribution in [0.2, 0.25) is 0 Å². The number of urea groups is 1.